The third-order valence-electron chi connectivity index (χ3n) is 4.10. The average molecular weight is 301 g/mol. The number of nitriles is 1. The number of benzene rings is 2. The van der Waals surface area contributed by atoms with E-state index in [1.807, 2.05) is 42.5 Å². The molecule has 0 heterocycles. The molecule has 0 amide bonds. The van der Waals surface area contributed by atoms with Gasteiger partial charge in [-0.1, -0.05) is 55.5 Å². The van der Waals surface area contributed by atoms with Gasteiger partial charge in [-0.2, -0.15) is 5.26 Å². The number of hydrogen-bond acceptors (Lipinski definition) is 2. The van der Waals surface area contributed by atoms with Crippen molar-refractivity contribution >= 4 is 5.57 Å². The van der Waals surface area contributed by atoms with Crippen molar-refractivity contribution < 1.29 is 4.74 Å². The maximum absolute atomic E-state index is 8.89. The molecule has 0 spiro atoms. The molecule has 0 radical (unpaired) electrons. The van der Waals surface area contributed by atoms with Crippen LogP contribution in [0, 0.1) is 17.2 Å². The van der Waals surface area contributed by atoms with Crippen molar-refractivity contribution in [1.29, 1.82) is 5.26 Å². The van der Waals surface area contributed by atoms with Crippen LogP contribution in [0.4, 0.5) is 0 Å². The standard InChI is InChI=1S/C21H19NO/c1-16-13-20(23-15-18-5-3-2-4-6-18)11-12-21(16)19-9-7-17(14-22)8-10-19/h2-12,16H,13,15H2,1H3. The number of rotatable bonds is 4. The van der Waals surface area contributed by atoms with Gasteiger partial charge in [0.25, 0.3) is 0 Å². The molecule has 3 rings (SSSR count). The van der Waals surface area contributed by atoms with Gasteiger partial charge in [0.05, 0.1) is 17.4 Å². The van der Waals surface area contributed by atoms with E-state index in [1.54, 1.807) is 0 Å². The lowest BCUT2D eigenvalue weighted by atomic mass is 9.87. The van der Waals surface area contributed by atoms with Gasteiger partial charge < -0.3 is 4.74 Å². The van der Waals surface area contributed by atoms with Crippen molar-refractivity contribution in [3.63, 3.8) is 0 Å². The van der Waals surface area contributed by atoms with Crippen molar-refractivity contribution in [2.45, 2.75) is 20.0 Å². The van der Waals surface area contributed by atoms with Gasteiger partial charge in [0, 0.05) is 6.42 Å². The van der Waals surface area contributed by atoms with Gasteiger partial charge in [-0.25, -0.2) is 0 Å². The molecule has 1 aliphatic rings. The maximum atomic E-state index is 8.89. The van der Waals surface area contributed by atoms with Crippen molar-refractivity contribution in [3.05, 3.63) is 89.2 Å². The second-order valence-electron chi connectivity index (χ2n) is 5.82. The van der Waals surface area contributed by atoms with Crippen LogP contribution >= 0.6 is 0 Å². The van der Waals surface area contributed by atoms with E-state index in [4.69, 9.17) is 10.00 Å². The Kier molecular flexibility index (Phi) is 4.59. The first-order valence-corrected chi connectivity index (χ1v) is 7.84. The van der Waals surface area contributed by atoms with Gasteiger partial charge in [-0.05, 0) is 40.8 Å². The molecule has 2 aromatic carbocycles. The SMILES string of the molecule is CC1CC(OCc2ccccc2)=CC=C1c1ccc(C#N)cc1. The molecule has 0 aromatic heterocycles. The molecule has 1 unspecified atom stereocenters. The fourth-order valence-electron chi connectivity index (χ4n) is 2.80. The van der Waals surface area contributed by atoms with Crippen LogP contribution < -0.4 is 0 Å². The third kappa shape index (κ3) is 3.70. The van der Waals surface area contributed by atoms with Gasteiger partial charge in [0.1, 0.15) is 6.61 Å². The molecule has 2 heteroatoms. The van der Waals surface area contributed by atoms with Gasteiger partial charge in [0.15, 0.2) is 0 Å². The summed E-state index contributed by atoms with van der Waals surface area (Å²) in [5, 5.41) is 8.89. The smallest absolute Gasteiger partial charge is 0.113 e. The van der Waals surface area contributed by atoms with E-state index in [9.17, 15) is 0 Å². The minimum absolute atomic E-state index is 0.402. The predicted molar refractivity (Wildman–Crippen MR) is 92.2 cm³/mol. The summed E-state index contributed by atoms with van der Waals surface area (Å²) < 4.78 is 5.93. The summed E-state index contributed by atoms with van der Waals surface area (Å²) in [6, 6.07) is 20.1. The van der Waals surface area contributed by atoms with E-state index < -0.39 is 0 Å². The molecule has 23 heavy (non-hydrogen) atoms. The lowest BCUT2D eigenvalue weighted by Crippen LogP contribution is -2.07. The molecule has 0 saturated carbocycles. The monoisotopic (exact) mass is 301 g/mol. The second-order valence-corrected chi connectivity index (χ2v) is 5.82. The Balaban J connectivity index is 1.70. The van der Waals surface area contributed by atoms with E-state index in [1.165, 1.54) is 16.7 Å². The molecule has 0 saturated heterocycles. The van der Waals surface area contributed by atoms with Crippen LogP contribution in [0.3, 0.4) is 0 Å². The zero-order chi connectivity index (χ0) is 16.1. The Hall–Kier alpha value is -2.79. The van der Waals surface area contributed by atoms with Crippen LogP contribution in [0.15, 0.2) is 72.5 Å². The van der Waals surface area contributed by atoms with E-state index in [0.717, 1.165) is 12.2 Å². The highest BCUT2D eigenvalue weighted by molar-refractivity contribution is 5.70. The van der Waals surface area contributed by atoms with E-state index in [0.29, 0.717) is 18.1 Å². The normalized spacial score (nSPS) is 17.0. The fraction of sp³-hybridized carbons (Fsp3) is 0.190. The zero-order valence-corrected chi connectivity index (χ0v) is 13.2. The number of ether oxygens (including phenoxy) is 1. The van der Waals surface area contributed by atoms with Crippen LogP contribution in [-0.2, 0) is 11.3 Å². The molecule has 2 nitrogen and oxygen atoms in total. The lowest BCUT2D eigenvalue weighted by Gasteiger charge is -2.22. The highest BCUT2D eigenvalue weighted by atomic mass is 16.5. The van der Waals surface area contributed by atoms with Crippen molar-refractivity contribution in [2.24, 2.45) is 5.92 Å². The van der Waals surface area contributed by atoms with Crippen LogP contribution in [0.25, 0.3) is 5.57 Å². The molecular weight excluding hydrogens is 282 g/mol. The number of nitrogens with zero attached hydrogens (tertiary/aromatic N) is 1. The molecule has 0 N–H and O–H groups in total. The minimum atomic E-state index is 0.402. The quantitative estimate of drug-likeness (QED) is 0.788. The Morgan fingerprint density at radius 3 is 2.43 bits per heavy atom. The van der Waals surface area contributed by atoms with Crippen LogP contribution in [0.5, 0.6) is 0 Å². The molecular formula is C21H19NO. The molecule has 0 fully saturated rings. The van der Waals surface area contributed by atoms with E-state index >= 15 is 0 Å². The first kappa shape index (κ1) is 15.1. The zero-order valence-electron chi connectivity index (χ0n) is 13.2. The summed E-state index contributed by atoms with van der Waals surface area (Å²) in [5.74, 6) is 1.43. The Labute approximate surface area is 137 Å². The summed E-state index contributed by atoms with van der Waals surface area (Å²) in [7, 11) is 0. The molecule has 114 valence electrons. The largest absolute Gasteiger partial charge is 0.493 e. The van der Waals surface area contributed by atoms with Gasteiger partial charge in [-0.3, -0.25) is 0 Å². The van der Waals surface area contributed by atoms with E-state index in [-0.39, 0.29) is 0 Å². The van der Waals surface area contributed by atoms with Crippen LogP contribution in [0.2, 0.25) is 0 Å². The Morgan fingerprint density at radius 1 is 1.04 bits per heavy atom. The summed E-state index contributed by atoms with van der Waals surface area (Å²) in [5.41, 5.74) is 4.35. The van der Waals surface area contributed by atoms with Crippen molar-refractivity contribution in [2.75, 3.05) is 0 Å². The van der Waals surface area contributed by atoms with Crippen LogP contribution in [-0.4, -0.2) is 0 Å². The topological polar surface area (TPSA) is 33.0 Å². The maximum Gasteiger partial charge on any atom is 0.113 e. The highest BCUT2D eigenvalue weighted by Crippen LogP contribution is 2.33. The molecule has 0 aliphatic heterocycles. The first-order valence-electron chi connectivity index (χ1n) is 7.84. The fourth-order valence-corrected chi connectivity index (χ4v) is 2.80. The Bertz CT molecular complexity index is 764. The first-order chi connectivity index (χ1) is 11.3. The molecule has 1 atom stereocenters. The van der Waals surface area contributed by atoms with Crippen molar-refractivity contribution in [3.8, 4) is 6.07 Å². The van der Waals surface area contributed by atoms with Crippen molar-refractivity contribution in [1.82, 2.24) is 0 Å². The average Bonchev–Trinajstić information content (AvgIpc) is 2.61. The summed E-state index contributed by atoms with van der Waals surface area (Å²) in [4.78, 5) is 0. The van der Waals surface area contributed by atoms with Gasteiger partial charge in [0.2, 0.25) is 0 Å². The summed E-state index contributed by atoms with van der Waals surface area (Å²) in [6.07, 6.45) is 5.10. The third-order valence-corrected chi connectivity index (χ3v) is 4.10. The van der Waals surface area contributed by atoms with Gasteiger partial charge in [-0.15, -0.1) is 0 Å². The summed E-state index contributed by atoms with van der Waals surface area (Å²) >= 11 is 0. The molecule has 2 aromatic rings. The molecule has 0 bridgehead atoms. The highest BCUT2D eigenvalue weighted by Gasteiger charge is 2.17. The Morgan fingerprint density at radius 2 is 1.78 bits per heavy atom. The van der Waals surface area contributed by atoms with E-state index in [2.05, 4.69) is 37.3 Å². The number of hydrogen-bond donors (Lipinski definition) is 0. The number of allylic oxidation sites excluding steroid dienone is 4. The van der Waals surface area contributed by atoms with Gasteiger partial charge >= 0.3 is 0 Å². The lowest BCUT2D eigenvalue weighted by molar-refractivity contribution is 0.183. The predicted octanol–water partition coefficient (Wildman–Crippen LogP) is 5.08. The minimum Gasteiger partial charge on any atom is -0.493 e. The second kappa shape index (κ2) is 6.98. The molecule has 1 aliphatic carbocycles. The van der Waals surface area contributed by atoms with Crippen LogP contribution in [0.1, 0.15) is 30.0 Å². The summed E-state index contributed by atoms with van der Waals surface area (Å²) in [6.45, 7) is 2.82.